The molecule has 0 atom stereocenters. The van der Waals surface area contributed by atoms with Crippen LogP contribution in [0, 0.1) is 0 Å². The lowest BCUT2D eigenvalue weighted by molar-refractivity contribution is 0.0698. The molecule has 0 saturated carbocycles. The molecule has 1 heterocycles. The molecule has 6 heteroatoms. The van der Waals surface area contributed by atoms with Crippen LogP contribution in [0.5, 0.6) is 0 Å². The van der Waals surface area contributed by atoms with E-state index in [1.165, 1.54) is 17.4 Å². The highest BCUT2D eigenvalue weighted by molar-refractivity contribution is 7.20. The fourth-order valence-electron chi connectivity index (χ4n) is 2.79. The summed E-state index contributed by atoms with van der Waals surface area (Å²) in [6, 6.07) is 21.9. The van der Waals surface area contributed by atoms with E-state index in [1.54, 1.807) is 12.1 Å². The van der Waals surface area contributed by atoms with Crippen LogP contribution >= 0.6 is 11.3 Å². The van der Waals surface area contributed by atoms with E-state index < -0.39 is 11.9 Å². The third-order valence-electron chi connectivity index (χ3n) is 4.09. The maximum absolute atomic E-state index is 12.7. The number of hydrogen-bond acceptors (Lipinski definition) is 4. The van der Waals surface area contributed by atoms with Gasteiger partial charge in [0.25, 0.3) is 5.91 Å². The Morgan fingerprint density at radius 1 is 0.889 bits per heavy atom. The largest absolute Gasteiger partial charge is 0.478 e. The molecule has 27 heavy (non-hydrogen) atoms. The smallest absolute Gasteiger partial charge is 0.337 e. The number of thiazole rings is 1. The number of aromatic nitrogens is 1. The first-order valence-corrected chi connectivity index (χ1v) is 9.03. The Morgan fingerprint density at radius 3 is 2.37 bits per heavy atom. The van der Waals surface area contributed by atoms with Crippen LogP contribution in [-0.2, 0) is 0 Å². The molecule has 0 unspecified atom stereocenters. The first kappa shape index (κ1) is 16.9. The topological polar surface area (TPSA) is 79.3 Å². The van der Waals surface area contributed by atoms with Crippen molar-refractivity contribution in [3.63, 3.8) is 0 Å². The van der Waals surface area contributed by atoms with Crippen LogP contribution < -0.4 is 5.32 Å². The fraction of sp³-hybridized carbons (Fsp3) is 0. The molecule has 0 fully saturated rings. The van der Waals surface area contributed by atoms with Crippen molar-refractivity contribution in [3.8, 4) is 11.1 Å². The van der Waals surface area contributed by atoms with Gasteiger partial charge in [0.2, 0.25) is 0 Å². The van der Waals surface area contributed by atoms with Gasteiger partial charge >= 0.3 is 5.97 Å². The Morgan fingerprint density at radius 2 is 1.63 bits per heavy atom. The number of carboxylic acid groups (broad SMARTS) is 1. The second-order valence-electron chi connectivity index (χ2n) is 5.87. The SMILES string of the molecule is O=C(Nc1cc(-c2ccccc2)ccc1C(=O)O)c1nc2ccccc2s1. The van der Waals surface area contributed by atoms with Gasteiger partial charge in [0.1, 0.15) is 0 Å². The van der Waals surface area contributed by atoms with Crippen LogP contribution in [0.2, 0.25) is 0 Å². The first-order valence-electron chi connectivity index (χ1n) is 8.21. The van der Waals surface area contributed by atoms with Crippen LogP contribution in [0.25, 0.3) is 21.3 Å². The second-order valence-corrected chi connectivity index (χ2v) is 6.90. The van der Waals surface area contributed by atoms with Crippen LogP contribution in [-0.4, -0.2) is 22.0 Å². The standard InChI is InChI=1S/C21H14N2O3S/c24-19(20-23-16-8-4-5-9-18(16)27-20)22-17-12-14(10-11-15(17)21(25)26)13-6-2-1-3-7-13/h1-12H,(H,22,24)(H,25,26). The van der Waals surface area contributed by atoms with E-state index in [2.05, 4.69) is 10.3 Å². The maximum Gasteiger partial charge on any atom is 0.337 e. The number of anilines is 1. The molecule has 4 aromatic rings. The number of nitrogens with zero attached hydrogens (tertiary/aromatic N) is 1. The lowest BCUT2D eigenvalue weighted by Gasteiger charge is -2.10. The van der Waals surface area contributed by atoms with Crippen LogP contribution in [0.3, 0.4) is 0 Å². The average molecular weight is 374 g/mol. The summed E-state index contributed by atoms with van der Waals surface area (Å²) in [6.07, 6.45) is 0. The van der Waals surface area contributed by atoms with Gasteiger partial charge in [-0.2, -0.15) is 0 Å². The summed E-state index contributed by atoms with van der Waals surface area (Å²) < 4.78 is 0.902. The average Bonchev–Trinajstić information content (AvgIpc) is 3.13. The Labute approximate surface area is 158 Å². The van der Waals surface area contributed by atoms with Gasteiger partial charge in [0.05, 0.1) is 21.5 Å². The van der Waals surface area contributed by atoms with Crippen molar-refractivity contribution in [1.82, 2.24) is 4.98 Å². The number of carbonyl (C=O) groups is 2. The first-order chi connectivity index (χ1) is 13.1. The molecular formula is C21H14N2O3S. The zero-order valence-electron chi connectivity index (χ0n) is 14.0. The zero-order chi connectivity index (χ0) is 18.8. The molecule has 4 rings (SSSR count). The summed E-state index contributed by atoms with van der Waals surface area (Å²) in [5, 5.41) is 12.5. The zero-order valence-corrected chi connectivity index (χ0v) is 14.9. The molecule has 0 spiro atoms. The number of benzene rings is 3. The molecule has 0 bridgehead atoms. The Bertz CT molecular complexity index is 1120. The highest BCUT2D eigenvalue weighted by atomic mass is 32.1. The van der Waals surface area contributed by atoms with Crippen molar-refractivity contribution >= 4 is 39.1 Å². The number of carboxylic acids is 1. The highest BCUT2D eigenvalue weighted by Crippen LogP contribution is 2.27. The van der Waals surface area contributed by atoms with Gasteiger partial charge in [-0.05, 0) is 35.4 Å². The monoisotopic (exact) mass is 374 g/mol. The lowest BCUT2D eigenvalue weighted by atomic mass is 10.0. The Kier molecular flexibility index (Phi) is 4.40. The molecule has 1 aromatic heterocycles. The molecule has 0 saturated heterocycles. The normalized spacial score (nSPS) is 10.7. The number of nitrogens with one attached hydrogen (secondary N) is 1. The number of para-hydroxylation sites is 1. The maximum atomic E-state index is 12.7. The molecule has 0 aliphatic carbocycles. The van der Waals surface area contributed by atoms with Gasteiger partial charge in [-0.1, -0.05) is 48.5 Å². The van der Waals surface area contributed by atoms with Crippen molar-refractivity contribution in [2.24, 2.45) is 0 Å². The van der Waals surface area contributed by atoms with Gasteiger partial charge in [-0.3, -0.25) is 4.79 Å². The third-order valence-corrected chi connectivity index (χ3v) is 5.13. The van der Waals surface area contributed by atoms with Gasteiger partial charge < -0.3 is 10.4 Å². The van der Waals surface area contributed by atoms with Crippen molar-refractivity contribution in [2.75, 3.05) is 5.32 Å². The minimum atomic E-state index is -1.10. The predicted molar refractivity (Wildman–Crippen MR) is 106 cm³/mol. The van der Waals surface area contributed by atoms with Crippen molar-refractivity contribution in [2.45, 2.75) is 0 Å². The van der Waals surface area contributed by atoms with E-state index in [0.29, 0.717) is 0 Å². The summed E-state index contributed by atoms with van der Waals surface area (Å²) in [7, 11) is 0. The van der Waals surface area contributed by atoms with Crippen LogP contribution in [0.1, 0.15) is 20.2 Å². The van der Waals surface area contributed by atoms with E-state index in [1.807, 2.05) is 54.6 Å². The van der Waals surface area contributed by atoms with Crippen molar-refractivity contribution in [3.05, 3.63) is 83.4 Å². The highest BCUT2D eigenvalue weighted by Gasteiger charge is 2.17. The van der Waals surface area contributed by atoms with Crippen LogP contribution in [0.4, 0.5) is 5.69 Å². The minimum Gasteiger partial charge on any atom is -0.478 e. The third kappa shape index (κ3) is 3.43. The van der Waals surface area contributed by atoms with E-state index in [4.69, 9.17) is 0 Å². The Balaban J connectivity index is 1.70. The van der Waals surface area contributed by atoms with E-state index >= 15 is 0 Å². The molecule has 2 N–H and O–H groups in total. The van der Waals surface area contributed by atoms with Gasteiger partial charge in [0.15, 0.2) is 5.01 Å². The lowest BCUT2D eigenvalue weighted by Crippen LogP contribution is -2.14. The molecule has 1 amide bonds. The molecule has 5 nitrogen and oxygen atoms in total. The summed E-state index contributed by atoms with van der Waals surface area (Å²) in [4.78, 5) is 28.5. The van der Waals surface area contributed by atoms with Crippen LogP contribution in [0.15, 0.2) is 72.8 Å². The number of rotatable bonds is 4. The predicted octanol–water partition coefficient (Wildman–Crippen LogP) is 4.91. The van der Waals surface area contributed by atoms with Gasteiger partial charge in [-0.25, -0.2) is 9.78 Å². The number of aromatic carboxylic acids is 1. The number of amides is 1. The summed E-state index contributed by atoms with van der Waals surface area (Å²) in [5.41, 5.74) is 2.77. The molecular weight excluding hydrogens is 360 g/mol. The molecule has 0 radical (unpaired) electrons. The van der Waals surface area contributed by atoms with Gasteiger partial charge in [0, 0.05) is 0 Å². The molecule has 132 valence electrons. The van der Waals surface area contributed by atoms with E-state index in [0.717, 1.165) is 21.3 Å². The van der Waals surface area contributed by atoms with Crippen molar-refractivity contribution in [1.29, 1.82) is 0 Å². The van der Waals surface area contributed by atoms with E-state index in [9.17, 15) is 14.7 Å². The minimum absolute atomic E-state index is 0.0316. The number of hydrogen-bond donors (Lipinski definition) is 2. The molecule has 3 aromatic carbocycles. The Hall–Kier alpha value is -3.51. The number of carbonyl (C=O) groups excluding carboxylic acids is 1. The summed E-state index contributed by atoms with van der Waals surface area (Å²) in [6.45, 7) is 0. The second kappa shape index (κ2) is 7.01. The van der Waals surface area contributed by atoms with Crippen molar-refractivity contribution < 1.29 is 14.7 Å². The van der Waals surface area contributed by atoms with Gasteiger partial charge in [-0.15, -0.1) is 11.3 Å². The number of fused-ring (bicyclic) bond motifs is 1. The van der Waals surface area contributed by atoms with E-state index in [-0.39, 0.29) is 16.3 Å². The quantitative estimate of drug-likeness (QED) is 0.532. The molecule has 0 aliphatic rings. The summed E-state index contributed by atoms with van der Waals surface area (Å²) >= 11 is 1.27. The molecule has 0 aliphatic heterocycles. The summed E-state index contributed by atoms with van der Waals surface area (Å²) in [5.74, 6) is -1.53. The fourth-order valence-corrected chi connectivity index (χ4v) is 3.65.